The van der Waals surface area contributed by atoms with Gasteiger partial charge in [0.2, 0.25) is 0 Å². The van der Waals surface area contributed by atoms with Crippen LogP contribution in [0.5, 0.6) is 0 Å². The average molecular weight is 441 g/mol. The van der Waals surface area contributed by atoms with Gasteiger partial charge < -0.3 is 15.1 Å². The standard InChI is InChI=1S/C24H25F2N3O3/c1-14(2)12-28-13-19(29-22(24(28)32)23(31)20(30)11-27-29)21(15-5-3-7-17(25)9-15)16-6-4-8-18(26)10-16/h3-11,14,19-21,30-31H,12-13H2,1-2H3. The van der Waals surface area contributed by atoms with E-state index in [0.717, 1.165) is 6.21 Å². The van der Waals surface area contributed by atoms with Crippen molar-refractivity contribution in [3.63, 3.8) is 0 Å². The Labute approximate surface area is 185 Å². The number of hydrazone groups is 1. The van der Waals surface area contributed by atoms with Crippen molar-refractivity contribution in [2.24, 2.45) is 11.0 Å². The van der Waals surface area contributed by atoms with E-state index in [4.69, 9.17) is 0 Å². The molecule has 2 atom stereocenters. The fraction of sp³-hybridized carbons (Fsp3) is 0.333. The third-order valence-corrected chi connectivity index (χ3v) is 5.68. The zero-order chi connectivity index (χ0) is 23.0. The summed E-state index contributed by atoms with van der Waals surface area (Å²) in [4.78, 5) is 14.8. The monoisotopic (exact) mass is 441 g/mol. The fourth-order valence-electron chi connectivity index (χ4n) is 4.40. The van der Waals surface area contributed by atoms with Crippen LogP contribution in [-0.4, -0.2) is 57.5 Å². The minimum absolute atomic E-state index is 0.116. The molecule has 2 aliphatic heterocycles. The van der Waals surface area contributed by atoms with Crippen molar-refractivity contribution >= 4 is 12.1 Å². The highest BCUT2D eigenvalue weighted by atomic mass is 19.1. The molecule has 2 unspecified atom stereocenters. The van der Waals surface area contributed by atoms with Crippen LogP contribution < -0.4 is 0 Å². The van der Waals surface area contributed by atoms with Crippen molar-refractivity contribution < 1.29 is 23.8 Å². The molecule has 0 spiro atoms. The van der Waals surface area contributed by atoms with Crippen LogP contribution >= 0.6 is 0 Å². The Kier molecular flexibility index (Phi) is 5.97. The molecule has 2 heterocycles. The molecule has 2 aromatic carbocycles. The Bertz CT molecular complexity index is 1040. The number of fused-ring (bicyclic) bond motifs is 1. The van der Waals surface area contributed by atoms with Crippen molar-refractivity contribution in [1.29, 1.82) is 0 Å². The van der Waals surface area contributed by atoms with Gasteiger partial charge in [-0.3, -0.25) is 9.80 Å². The van der Waals surface area contributed by atoms with Crippen molar-refractivity contribution in [2.45, 2.75) is 31.9 Å². The highest BCUT2D eigenvalue weighted by Gasteiger charge is 2.45. The van der Waals surface area contributed by atoms with Gasteiger partial charge in [-0.15, -0.1) is 0 Å². The summed E-state index contributed by atoms with van der Waals surface area (Å²) in [5.74, 6) is -2.23. The van der Waals surface area contributed by atoms with Gasteiger partial charge in [-0.05, 0) is 41.3 Å². The molecule has 0 bridgehead atoms. The molecule has 168 valence electrons. The second-order valence-corrected chi connectivity index (χ2v) is 8.55. The number of nitrogens with zero attached hydrogens (tertiary/aromatic N) is 3. The summed E-state index contributed by atoms with van der Waals surface area (Å²) in [6.45, 7) is 4.57. The van der Waals surface area contributed by atoms with Crippen LogP contribution in [0.2, 0.25) is 0 Å². The summed E-state index contributed by atoms with van der Waals surface area (Å²) in [6.07, 6.45) is -0.252. The first-order chi connectivity index (χ1) is 15.3. The number of benzene rings is 2. The summed E-state index contributed by atoms with van der Waals surface area (Å²) in [7, 11) is 0. The summed E-state index contributed by atoms with van der Waals surface area (Å²) < 4.78 is 28.4. The number of hydrogen-bond acceptors (Lipinski definition) is 5. The average Bonchev–Trinajstić information content (AvgIpc) is 2.73. The maximum atomic E-state index is 14.2. The van der Waals surface area contributed by atoms with Crippen LogP contribution in [0.4, 0.5) is 8.78 Å². The first-order valence-corrected chi connectivity index (χ1v) is 10.5. The number of amides is 1. The van der Waals surface area contributed by atoms with E-state index in [1.54, 1.807) is 29.2 Å². The van der Waals surface area contributed by atoms with E-state index in [1.807, 2.05) is 13.8 Å². The third kappa shape index (κ3) is 4.10. The molecule has 2 N–H and O–H groups in total. The largest absolute Gasteiger partial charge is 0.507 e. The number of carbonyl (C=O) groups is 1. The molecule has 2 aliphatic rings. The molecular weight excluding hydrogens is 416 g/mol. The van der Waals surface area contributed by atoms with Crippen molar-refractivity contribution in [1.82, 2.24) is 9.91 Å². The Morgan fingerprint density at radius 2 is 1.69 bits per heavy atom. The lowest BCUT2D eigenvalue weighted by molar-refractivity contribution is -0.135. The molecule has 0 aliphatic carbocycles. The quantitative estimate of drug-likeness (QED) is 0.746. The van der Waals surface area contributed by atoms with Crippen LogP contribution in [-0.2, 0) is 4.79 Å². The molecule has 1 saturated heterocycles. The topological polar surface area (TPSA) is 76.4 Å². The smallest absolute Gasteiger partial charge is 0.275 e. The summed E-state index contributed by atoms with van der Waals surface area (Å²) in [5, 5.41) is 26.3. The number of aliphatic hydroxyl groups excluding tert-OH is 2. The first-order valence-electron chi connectivity index (χ1n) is 10.5. The van der Waals surface area contributed by atoms with Gasteiger partial charge in [0.1, 0.15) is 17.7 Å². The first kappa shape index (κ1) is 22.0. The van der Waals surface area contributed by atoms with Crippen molar-refractivity contribution in [3.05, 3.63) is 82.7 Å². The van der Waals surface area contributed by atoms with Crippen LogP contribution in [0, 0.1) is 17.6 Å². The van der Waals surface area contributed by atoms with E-state index in [9.17, 15) is 23.8 Å². The lowest BCUT2D eigenvalue weighted by Crippen LogP contribution is -2.57. The molecule has 6 nitrogen and oxygen atoms in total. The van der Waals surface area contributed by atoms with E-state index in [0.29, 0.717) is 17.7 Å². The molecule has 32 heavy (non-hydrogen) atoms. The van der Waals surface area contributed by atoms with Crippen LogP contribution in [0.3, 0.4) is 0 Å². The molecule has 2 aromatic rings. The molecule has 8 heteroatoms. The maximum Gasteiger partial charge on any atom is 0.275 e. The minimum atomic E-state index is -1.40. The highest BCUT2D eigenvalue weighted by molar-refractivity contribution is 5.96. The van der Waals surface area contributed by atoms with E-state index in [1.165, 1.54) is 29.3 Å². The van der Waals surface area contributed by atoms with E-state index in [2.05, 4.69) is 5.10 Å². The van der Waals surface area contributed by atoms with Gasteiger partial charge in [-0.1, -0.05) is 38.1 Å². The summed E-state index contributed by atoms with van der Waals surface area (Å²) >= 11 is 0. The number of piperazine rings is 1. The SMILES string of the molecule is CC(C)CN1CC(C(c2cccc(F)c2)c2cccc(F)c2)N2N=CC(O)C(O)=C2C1=O. The zero-order valence-corrected chi connectivity index (χ0v) is 17.8. The number of halogens is 2. The lowest BCUT2D eigenvalue weighted by Gasteiger charge is -2.46. The Morgan fingerprint density at radius 3 is 2.22 bits per heavy atom. The molecule has 1 amide bonds. The third-order valence-electron chi connectivity index (χ3n) is 5.68. The van der Waals surface area contributed by atoms with Crippen molar-refractivity contribution in [2.75, 3.05) is 13.1 Å². The van der Waals surface area contributed by atoms with Crippen molar-refractivity contribution in [3.8, 4) is 0 Å². The summed E-state index contributed by atoms with van der Waals surface area (Å²) in [5.41, 5.74) is 1.05. The van der Waals surface area contributed by atoms with E-state index >= 15 is 0 Å². The Morgan fingerprint density at radius 1 is 1.09 bits per heavy atom. The summed E-state index contributed by atoms with van der Waals surface area (Å²) in [6, 6.07) is 11.5. The normalized spacial score (nSPS) is 21.0. The number of aliphatic hydroxyl groups is 2. The number of rotatable bonds is 5. The zero-order valence-electron chi connectivity index (χ0n) is 17.8. The Hall–Kier alpha value is -3.26. The van der Waals surface area contributed by atoms with Gasteiger partial charge in [-0.2, -0.15) is 5.10 Å². The van der Waals surface area contributed by atoms with Crippen LogP contribution in [0.25, 0.3) is 0 Å². The lowest BCUT2D eigenvalue weighted by atomic mass is 9.82. The Balaban J connectivity index is 1.88. The number of carbonyl (C=O) groups excluding carboxylic acids is 1. The molecule has 0 aromatic heterocycles. The molecule has 4 rings (SSSR count). The highest BCUT2D eigenvalue weighted by Crippen LogP contribution is 2.38. The van der Waals surface area contributed by atoms with E-state index < -0.39 is 41.4 Å². The molecule has 0 saturated carbocycles. The molecular formula is C24H25F2N3O3. The van der Waals surface area contributed by atoms with Gasteiger partial charge >= 0.3 is 0 Å². The van der Waals surface area contributed by atoms with Gasteiger partial charge in [0.05, 0.1) is 12.3 Å². The molecule has 0 radical (unpaired) electrons. The van der Waals surface area contributed by atoms with Gasteiger partial charge in [0.15, 0.2) is 11.5 Å². The predicted molar refractivity (Wildman–Crippen MR) is 116 cm³/mol. The fourth-order valence-corrected chi connectivity index (χ4v) is 4.40. The molecule has 1 fully saturated rings. The minimum Gasteiger partial charge on any atom is -0.507 e. The maximum absolute atomic E-state index is 14.2. The van der Waals surface area contributed by atoms with Crippen LogP contribution in [0.15, 0.2) is 65.1 Å². The number of hydrogen-bond donors (Lipinski definition) is 2. The van der Waals surface area contributed by atoms with Crippen LogP contribution in [0.1, 0.15) is 30.9 Å². The predicted octanol–water partition coefficient (Wildman–Crippen LogP) is 3.40. The van der Waals surface area contributed by atoms with Gasteiger partial charge in [-0.25, -0.2) is 8.78 Å². The second-order valence-electron chi connectivity index (χ2n) is 8.55. The van der Waals surface area contributed by atoms with E-state index in [-0.39, 0.29) is 18.2 Å². The second kappa shape index (κ2) is 8.70. The van der Waals surface area contributed by atoms with Gasteiger partial charge in [0.25, 0.3) is 5.91 Å². The van der Waals surface area contributed by atoms with Gasteiger partial charge in [0, 0.05) is 19.0 Å².